The van der Waals surface area contributed by atoms with Crippen molar-refractivity contribution in [3.63, 3.8) is 0 Å². The van der Waals surface area contributed by atoms with E-state index in [4.69, 9.17) is 19.2 Å². The summed E-state index contributed by atoms with van der Waals surface area (Å²) in [6, 6.07) is 6.11. The molecule has 0 saturated carbocycles. The number of benzene rings is 1. The van der Waals surface area contributed by atoms with Gasteiger partial charge in [0, 0.05) is 31.0 Å². The number of nitrogens with one attached hydrogen (secondary N) is 1. The van der Waals surface area contributed by atoms with Gasteiger partial charge in [-0.1, -0.05) is 19.4 Å². The molecule has 3 aromatic rings. The Kier molecular flexibility index (Phi) is 7.12. The molecule has 0 bridgehead atoms. The fraction of sp³-hybridized carbons (Fsp3) is 0.500. The highest BCUT2D eigenvalue weighted by Gasteiger charge is 2.22. The second-order valence-electron chi connectivity index (χ2n) is 8.09. The molecule has 1 N–H and O–H groups in total. The summed E-state index contributed by atoms with van der Waals surface area (Å²) in [6.45, 7) is 9.78. The third-order valence-corrected chi connectivity index (χ3v) is 5.81. The standard InChI is InChI=1S/C24H33N5O3/c1-5-6-17(2)32-16-26-20-8-7-19(15-21(20)30-4)22-23-18(3)25-9-10-29(23)24(27-22)28-11-13-31-14-12-28/h7-10,15,17,26H,5-6,11-14,16H2,1-4H3. The largest absolute Gasteiger partial charge is 0.495 e. The summed E-state index contributed by atoms with van der Waals surface area (Å²) in [4.78, 5) is 11.8. The second kappa shape index (κ2) is 10.2. The molecule has 1 aliphatic rings. The van der Waals surface area contributed by atoms with Crippen molar-refractivity contribution in [1.29, 1.82) is 0 Å². The predicted octanol–water partition coefficient (Wildman–Crippen LogP) is 4.12. The first kappa shape index (κ1) is 22.4. The number of hydrogen-bond donors (Lipinski definition) is 1. The zero-order chi connectivity index (χ0) is 22.5. The van der Waals surface area contributed by atoms with Gasteiger partial charge in [-0.3, -0.25) is 9.38 Å². The van der Waals surface area contributed by atoms with Crippen LogP contribution in [0.4, 0.5) is 11.6 Å². The van der Waals surface area contributed by atoms with Gasteiger partial charge >= 0.3 is 0 Å². The Labute approximate surface area is 189 Å². The molecule has 1 aliphatic heterocycles. The van der Waals surface area contributed by atoms with Crippen LogP contribution in [-0.2, 0) is 9.47 Å². The molecule has 4 rings (SSSR count). The van der Waals surface area contributed by atoms with Crippen molar-refractivity contribution in [1.82, 2.24) is 14.4 Å². The van der Waals surface area contributed by atoms with Crippen LogP contribution in [0.15, 0.2) is 30.6 Å². The van der Waals surface area contributed by atoms with Crippen molar-refractivity contribution < 1.29 is 14.2 Å². The van der Waals surface area contributed by atoms with Crippen molar-refractivity contribution in [2.24, 2.45) is 0 Å². The van der Waals surface area contributed by atoms with Gasteiger partial charge in [-0.15, -0.1) is 0 Å². The van der Waals surface area contributed by atoms with Crippen molar-refractivity contribution in [3.05, 3.63) is 36.3 Å². The summed E-state index contributed by atoms with van der Waals surface area (Å²) in [5.74, 6) is 1.67. The zero-order valence-corrected chi connectivity index (χ0v) is 19.4. The van der Waals surface area contributed by atoms with Crippen molar-refractivity contribution in [3.8, 4) is 17.0 Å². The smallest absolute Gasteiger partial charge is 0.211 e. The number of hydrogen-bond acceptors (Lipinski definition) is 7. The molecule has 32 heavy (non-hydrogen) atoms. The van der Waals surface area contributed by atoms with Crippen LogP contribution >= 0.6 is 0 Å². The number of nitrogens with zero attached hydrogens (tertiary/aromatic N) is 4. The molecule has 0 spiro atoms. The third-order valence-electron chi connectivity index (χ3n) is 5.81. The van der Waals surface area contributed by atoms with Crippen LogP contribution in [0.2, 0.25) is 0 Å². The number of ether oxygens (including phenoxy) is 3. The fourth-order valence-corrected chi connectivity index (χ4v) is 4.10. The van der Waals surface area contributed by atoms with E-state index in [1.165, 1.54) is 0 Å². The Bertz CT molecular complexity index is 1050. The molecule has 8 heteroatoms. The molecule has 2 aromatic heterocycles. The molecule has 1 fully saturated rings. The van der Waals surface area contributed by atoms with Gasteiger partial charge in [-0.2, -0.15) is 0 Å². The van der Waals surface area contributed by atoms with Gasteiger partial charge < -0.3 is 24.4 Å². The SMILES string of the molecule is CCCC(C)OCNc1ccc(-c2nc(N3CCOCC3)n3ccnc(C)c23)cc1OC. The lowest BCUT2D eigenvalue weighted by atomic mass is 10.1. The van der Waals surface area contributed by atoms with E-state index in [1.807, 2.05) is 31.5 Å². The molecule has 172 valence electrons. The number of imidazole rings is 1. The second-order valence-corrected chi connectivity index (χ2v) is 8.09. The first-order valence-electron chi connectivity index (χ1n) is 11.3. The Morgan fingerprint density at radius 3 is 2.81 bits per heavy atom. The van der Waals surface area contributed by atoms with Crippen LogP contribution in [0, 0.1) is 6.92 Å². The first-order chi connectivity index (χ1) is 15.6. The van der Waals surface area contributed by atoms with Crippen molar-refractivity contribution in [2.75, 3.05) is 50.4 Å². The molecule has 1 unspecified atom stereocenters. The van der Waals surface area contributed by atoms with E-state index in [0.29, 0.717) is 19.9 Å². The maximum Gasteiger partial charge on any atom is 0.211 e. The van der Waals surface area contributed by atoms with Crippen LogP contribution < -0.4 is 15.0 Å². The molecule has 3 heterocycles. The van der Waals surface area contributed by atoms with Crippen LogP contribution in [0.5, 0.6) is 5.75 Å². The number of morpholine rings is 1. The topological polar surface area (TPSA) is 73.2 Å². The van der Waals surface area contributed by atoms with Gasteiger partial charge in [0.15, 0.2) is 0 Å². The highest BCUT2D eigenvalue weighted by atomic mass is 16.5. The fourth-order valence-electron chi connectivity index (χ4n) is 4.10. The average molecular weight is 440 g/mol. The van der Waals surface area contributed by atoms with Gasteiger partial charge in [-0.25, -0.2) is 4.98 Å². The van der Waals surface area contributed by atoms with Crippen LogP contribution in [0.3, 0.4) is 0 Å². The van der Waals surface area contributed by atoms with E-state index in [1.54, 1.807) is 7.11 Å². The van der Waals surface area contributed by atoms with E-state index in [0.717, 1.165) is 65.8 Å². The summed E-state index contributed by atoms with van der Waals surface area (Å²) >= 11 is 0. The zero-order valence-electron chi connectivity index (χ0n) is 19.4. The molecule has 8 nitrogen and oxygen atoms in total. The van der Waals surface area contributed by atoms with Crippen LogP contribution in [0.1, 0.15) is 32.4 Å². The monoisotopic (exact) mass is 439 g/mol. The lowest BCUT2D eigenvalue weighted by Gasteiger charge is -2.27. The Morgan fingerprint density at radius 2 is 2.06 bits per heavy atom. The van der Waals surface area contributed by atoms with Gasteiger partial charge in [0.05, 0.1) is 43.3 Å². The van der Waals surface area contributed by atoms with Crippen molar-refractivity contribution in [2.45, 2.75) is 39.7 Å². The summed E-state index contributed by atoms with van der Waals surface area (Å²) in [7, 11) is 1.68. The molecule has 1 atom stereocenters. The molecule has 0 radical (unpaired) electrons. The van der Waals surface area contributed by atoms with E-state index in [-0.39, 0.29) is 6.10 Å². The number of aryl methyl sites for hydroxylation is 1. The summed E-state index contributed by atoms with van der Waals surface area (Å²) in [6.07, 6.45) is 6.18. The van der Waals surface area contributed by atoms with E-state index < -0.39 is 0 Å². The van der Waals surface area contributed by atoms with E-state index >= 15 is 0 Å². The minimum absolute atomic E-state index is 0.226. The van der Waals surface area contributed by atoms with Gasteiger partial charge in [0.25, 0.3) is 0 Å². The number of fused-ring (bicyclic) bond motifs is 1. The van der Waals surface area contributed by atoms with Gasteiger partial charge in [0.2, 0.25) is 5.95 Å². The minimum Gasteiger partial charge on any atom is -0.495 e. The quantitative estimate of drug-likeness (QED) is 0.503. The number of aromatic nitrogens is 3. The third kappa shape index (κ3) is 4.66. The summed E-state index contributed by atoms with van der Waals surface area (Å²) in [5, 5.41) is 3.33. The summed E-state index contributed by atoms with van der Waals surface area (Å²) in [5.41, 5.74) is 4.73. The highest BCUT2D eigenvalue weighted by molar-refractivity contribution is 5.83. The predicted molar refractivity (Wildman–Crippen MR) is 127 cm³/mol. The van der Waals surface area contributed by atoms with E-state index in [2.05, 4.69) is 39.5 Å². The Hall–Kier alpha value is -2.84. The number of rotatable bonds is 9. The average Bonchev–Trinajstić information content (AvgIpc) is 3.21. The normalized spacial score (nSPS) is 15.2. The molecule has 1 aromatic carbocycles. The van der Waals surface area contributed by atoms with Gasteiger partial charge in [-0.05, 0) is 32.4 Å². The minimum atomic E-state index is 0.226. The van der Waals surface area contributed by atoms with Crippen molar-refractivity contribution >= 4 is 17.2 Å². The maximum absolute atomic E-state index is 5.84. The number of anilines is 2. The van der Waals surface area contributed by atoms with Gasteiger partial charge in [0.1, 0.15) is 18.2 Å². The summed E-state index contributed by atoms with van der Waals surface area (Å²) < 4.78 is 19.2. The lowest BCUT2D eigenvalue weighted by Crippen LogP contribution is -2.37. The number of methoxy groups -OCH3 is 1. The molecular formula is C24H33N5O3. The van der Waals surface area contributed by atoms with Crippen LogP contribution in [0.25, 0.3) is 16.8 Å². The first-order valence-corrected chi connectivity index (χ1v) is 11.3. The molecular weight excluding hydrogens is 406 g/mol. The Morgan fingerprint density at radius 1 is 1.25 bits per heavy atom. The lowest BCUT2D eigenvalue weighted by molar-refractivity contribution is 0.0734. The maximum atomic E-state index is 5.84. The Balaban J connectivity index is 1.65. The van der Waals surface area contributed by atoms with Crippen LogP contribution in [-0.4, -0.2) is 60.6 Å². The molecule has 0 aliphatic carbocycles. The molecule has 1 saturated heterocycles. The molecule has 0 amide bonds. The highest BCUT2D eigenvalue weighted by Crippen LogP contribution is 2.35. The van der Waals surface area contributed by atoms with E-state index in [9.17, 15) is 0 Å².